The van der Waals surface area contributed by atoms with E-state index in [1.165, 1.54) is 42.5 Å². The Labute approximate surface area is 170 Å². The summed E-state index contributed by atoms with van der Waals surface area (Å²) in [7, 11) is -7.86. The van der Waals surface area contributed by atoms with Gasteiger partial charge in [0.05, 0.1) is 10.7 Å². The van der Waals surface area contributed by atoms with Crippen LogP contribution in [0, 0.1) is 0 Å². The van der Waals surface area contributed by atoms with E-state index in [9.17, 15) is 16.8 Å². The lowest BCUT2D eigenvalue weighted by Crippen LogP contribution is -2.15. The Morgan fingerprint density at radius 1 is 0.778 bits per heavy atom. The Balaban J connectivity index is 1.92. The van der Waals surface area contributed by atoms with E-state index in [1.54, 1.807) is 11.4 Å². The average molecular weight is 463 g/mol. The van der Waals surface area contributed by atoms with Crippen LogP contribution in [0.1, 0.15) is 0 Å². The topological polar surface area (TPSA) is 92.3 Å². The number of hydrogen-bond donors (Lipinski definition) is 2. The fourth-order valence-corrected chi connectivity index (χ4v) is 5.88. The summed E-state index contributed by atoms with van der Waals surface area (Å²) in [4.78, 5) is -0.259. The maximum absolute atomic E-state index is 12.7. The molecule has 142 valence electrons. The van der Waals surface area contributed by atoms with Gasteiger partial charge in [0.1, 0.15) is 9.10 Å². The lowest BCUT2D eigenvalue weighted by Gasteiger charge is -2.12. The first-order chi connectivity index (χ1) is 12.7. The van der Waals surface area contributed by atoms with Crippen molar-refractivity contribution in [1.29, 1.82) is 0 Å². The number of benzene rings is 2. The van der Waals surface area contributed by atoms with Crippen molar-refractivity contribution in [1.82, 2.24) is 0 Å². The van der Waals surface area contributed by atoms with Crippen LogP contribution < -0.4 is 9.44 Å². The summed E-state index contributed by atoms with van der Waals surface area (Å²) in [6.07, 6.45) is 0. The maximum atomic E-state index is 12.7. The van der Waals surface area contributed by atoms with Crippen molar-refractivity contribution in [3.8, 4) is 0 Å². The Morgan fingerprint density at radius 3 is 2.04 bits per heavy atom. The Morgan fingerprint density at radius 2 is 1.41 bits per heavy atom. The van der Waals surface area contributed by atoms with Gasteiger partial charge in [-0.25, -0.2) is 16.8 Å². The molecule has 0 atom stereocenters. The molecule has 2 N–H and O–H groups in total. The summed E-state index contributed by atoms with van der Waals surface area (Å²) in [6.45, 7) is 0. The van der Waals surface area contributed by atoms with E-state index in [2.05, 4.69) is 9.44 Å². The third-order valence-electron chi connectivity index (χ3n) is 3.33. The van der Waals surface area contributed by atoms with Crippen molar-refractivity contribution in [2.75, 3.05) is 9.44 Å². The van der Waals surface area contributed by atoms with Gasteiger partial charge < -0.3 is 0 Å². The number of anilines is 2. The molecule has 0 spiro atoms. The van der Waals surface area contributed by atoms with Crippen LogP contribution >= 0.6 is 34.5 Å². The largest absolute Gasteiger partial charge is 0.280 e. The quantitative estimate of drug-likeness (QED) is 0.556. The molecule has 0 saturated heterocycles. The summed E-state index contributed by atoms with van der Waals surface area (Å²) in [5.74, 6) is 0. The normalized spacial score (nSPS) is 11.9. The minimum Gasteiger partial charge on any atom is -0.280 e. The van der Waals surface area contributed by atoms with Gasteiger partial charge in [0, 0.05) is 10.7 Å². The lowest BCUT2D eigenvalue weighted by atomic mass is 10.3. The van der Waals surface area contributed by atoms with Crippen molar-refractivity contribution < 1.29 is 16.8 Å². The molecule has 2 aromatic carbocycles. The van der Waals surface area contributed by atoms with Crippen LogP contribution in [0.4, 0.5) is 11.4 Å². The highest BCUT2D eigenvalue weighted by molar-refractivity contribution is 7.94. The molecule has 0 aliphatic rings. The fourth-order valence-electron chi connectivity index (χ4n) is 2.12. The van der Waals surface area contributed by atoms with E-state index < -0.39 is 20.0 Å². The van der Waals surface area contributed by atoms with Crippen LogP contribution in [0.15, 0.2) is 69.1 Å². The highest BCUT2D eigenvalue weighted by Crippen LogP contribution is 2.29. The number of halogens is 2. The zero-order valence-electron chi connectivity index (χ0n) is 13.4. The Kier molecular flexibility index (Phi) is 5.68. The van der Waals surface area contributed by atoms with Crippen LogP contribution in [-0.2, 0) is 20.0 Å². The molecule has 0 aliphatic carbocycles. The van der Waals surface area contributed by atoms with Crippen LogP contribution in [0.5, 0.6) is 0 Å². The molecule has 0 bridgehead atoms. The van der Waals surface area contributed by atoms with E-state index in [4.69, 9.17) is 23.2 Å². The Bertz CT molecular complexity index is 1160. The molecule has 0 aliphatic heterocycles. The van der Waals surface area contributed by atoms with E-state index in [0.717, 1.165) is 17.4 Å². The van der Waals surface area contributed by atoms with Gasteiger partial charge in [-0.1, -0.05) is 29.3 Å². The molecule has 0 unspecified atom stereocenters. The highest BCUT2D eigenvalue weighted by atomic mass is 35.5. The first-order valence-corrected chi connectivity index (χ1v) is 11.9. The maximum Gasteiger partial charge on any atom is 0.271 e. The summed E-state index contributed by atoms with van der Waals surface area (Å²) < 4.78 is 54.8. The molecule has 27 heavy (non-hydrogen) atoms. The van der Waals surface area contributed by atoms with Gasteiger partial charge in [-0.15, -0.1) is 11.3 Å². The molecule has 0 amide bonds. The van der Waals surface area contributed by atoms with Crippen LogP contribution in [-0.4, -0.2) is 16.8 Å². The molecule has 11 heteroatoms. The molecular weight excluding hydrogens is 451 g/mol. The summed E-state index contributed by atoms with van der Waals surface area (Å²) >= 11 is 12.9. The minimum absolute atomic E-state index is 0.0458. The standard InChI is InChI=1S/C16H12Cl2N2O4S3/c17-11-3-5-12(6-4-11)19-26(21,22)15-10-13(7-8-14(15)18)20-27(23,24)16-2-1-9-25-16/h1-10,19-20H. The van der Waals surface area contributed by atoms with Gasteiger partial charge in [-0.05, 0) is 53.9 Å². The van der Waals surface area contributed by atoms with Gasteiger partial charge >= 0.3 is 0 Å². The predicted molar refractivity (Wildman–Crippen MR) is 109 cm³/mol. The molecule has 0 saturated carbocycles. The molecule has 0 fully saturated rings. The van der Waals surface area contributed by atoms with Gasteiger partial charge in [-0.3, -0.25) is 9.44 Å². The Hall–Kier alpha value is -1.78. The minimum atomic E-state index is -4.05. The highest BCUT2D eigenvalue weighted by Gasteiger charge is 2.21. The monoisotopic (exact) mass is 462 g/mol. The number of nitrogens with one attached hydrogen (secondary N) is 2. The summed E-state index contributed by atoms with van der Waals surface area (Å²) in [5.41, 5.74) is 0.365. The molecule has 1 aromatic heterocycles. The molecular formula is C16H12Cl2N2O4S3. The third-order valence-corrected chi connectivity index (χ3v) is 8.22. The van der Waals surface area contributed by atoms with Crippen molar-refractivity contribution in [3.05, 3.63) is 70.0 Å². The number of rotatable bonds is 6. The second-order valence-corrected chi connectivity index (χ2v) is 10.6. The van der Waals surface area contributed by atoms with Gasteiger partial charge in [0.25, 0.3) is 20.0 Å². The summed E-state index contributed by atoms with van der Waals surface area (Å²) in [6, 6.07) is 13.0. The zero-order chi connectivity index (χ0) is 19.7. The SMILES string of the molecule is O=S(=O)(Nc1ccc(Cl)c(S(=O)(=O)Nc2ccc(Cl)cc2)c1)c1cccs1. The van der Waals surface area contributed by atoms with Crippen molar-refractivity contribution in [3.63, 3.8) is 0 Å². The van der Waals surface area contributed by atoms with Crippen LogP contribution in [0.3, 0.4) is 0 Å². The van der Waals surface area contributed by atoms with Crippen molar-refractivity contribution in [2.24, 2.45) is 0 Å². The molecule has 3 rings (SSSR count). The van der Waals surface area contributed by atoms with Crippen LogP contribution in [0.2, 0.25) is 10.0 Å². The first kappa shape index (κ1) is 20.0. The summed E-state index contributed by atoms with van der Waals surface area (Å²) in [5, 5.41) is 2.04. The van der Waals surface area contributed by atoms with Crippen molar-refractivity contribution in [2.45, 2.75) is 9.10 Å². The van der Waals surface area contributed by atoms with E-state index in [-0.39, 0.29) is 19.8 Å². The van der Waals surface area contributed by atoms with Crippen LogP contribution in [0.25, 0.3) is 0 Å². The number of hydrogen-bond acceptors (Lipinski definition) is 5. The number of sulfonamides is 2. The molecule has 1 heterocycles. The number of thiophene rings is 1. The van der Waals surface area contributed by atoms with E-state index in [1.807, 2.05) is 0 Å². The average Bonchev–Trinajstić information content (AvgIpc) is 3.14. The van der Waals surface area contributed by atoms with E-state index in [0.29, 0.717) is 10.7 Å². The smallest absolute Gasteiger partial charge is 0.271 e. The fraction of sp³-hybridized carbons (Fsp3) is 0. The predicted octanol–water partition coefficient (Wildman–Crippen LogP) is 4.66. The van der Waals surface area contributed by atoms with Gasteiger partial charge in [0.15, 0.2) is 0 Å². The second kappa shape index (κ2) is 7.69. The molecule has 0 radical (unpaired) electrons. The lowest BCUT2D eigenvalue weighted by molar-refractivity contribution is 0.599. The molecule has 6 nitrogen and oxygen atoms in total. The van der Waals surface area contributed by atoms with Gasteiger partial charge in [0.2, 0.25) is 0 Å². The third kappa shape index (κ3) is 4.74. The zero-order valence-corrected chi connectivity index (χ0v) is 17.3. The van der Waals surface area contributed by atoms with Gasteiger partial charge in [-0.2, -0.15) is 0 Å². The molecule has 3 aromatic rings. The van der Waals surface area contributed by atoms with E-state index >= 15 is 0 Å². The first-order valence-electron chi connectivity index (χ1n) is 7.32. The van der Waals surface area contributed by atoms with Crippen molar-refractivity contribution >= 4 is 66.0 Å². The second-order valence-electron chi connectivity index (χ2n) is 5.30.